The lowest BCUT2D eigenvalue weighted by molar-refractivity contribution is 0.0767. The molecule has 1 fully saturated rings. The Hall–Kier alpha value is -1.39. The van der Waals surface area contributed by atoms with E-state index < -0.39 is 0 Å². The molecule has 0 aliphatic carbocycles. The first-order valence-electron chi connectivity index (χ1n) is 5.69. The largest absolute Gasteiger partial charge is 0.391 e. The number of carbonyl (C=O) groups excluding carboxylic acids is 1. The zero-order valence-corrected chi connectivity index (χ0v) is 10.1. The summed E-state index contributed by atoms with van der Waals surface area (Å²) >= 11 is 1.59. The van der Waals surface area contributed by atoms with Crippen molar-refractivity contribution in [2.75, 3.05) is 13.1 Å². The molecule has 1 N–H and O–H groups in total. The Kier molecular flexibility index (Phi) is 2.61. The number of thiophene rings is 1. The van der Waals surface area contributed by atoms with Crippen LogP contribution in [0.4, 0.5) is 0 Å². The van der Waals surface area contributed by atoms with Crippen molar-refractivity contribution in [3.05, 3.63) is 35.2 Å². The van der Waals surface area contributed by atoms with Gasteiger partial charge in [0.25, 0.3) is 5.91 Å². The van der Waals surface area contributed by atoms with Gasteiger partial charge < -0.3 is 10.0 Å². The Labute approximate surface area is 103 Å². The van der Waals surface area contributed by atoms with Crippen LogP contribution in [0.15, 0.2) is 29.6 Å². The lowest BCUT2D eigenvalue weighted by atomic mass is 10.1. The maximum atomic E-state index is 12.3. The van der Waals surface area contributed by atoms with Gasteiger partial charge in [-0.2, -0.15) is 0 Å². The van der Waals surface area contributed by atoms with Gasteiger partial charge in [0.05, 0.1) is 11.7 Å². The van der Waals surface area contributed by atoms with Gasteiger partial charge in [-0.25, -0.2) is 0 Å². The minimum absolute atomic E-state index is 0.0407. The van der Waals surface area contributed by atoms with Gasteiger partial charge in [-0.3, -0.25) is 4.79 Å². The number of benzene rings is 1. The van der Waals surface area contributed by atoms with E-state index in [1.54, 1.807) is 16.2 Å². The van der Waals surface area contributed by atoms with Crippen LogP contribution in [0.25, 0.3) is 10.1 Å². The van der Waals surface area contributed by atoms with Crippen LogP contribution in [0.3, 0.4) is 0 Å². The summed E-state index contributed by atoms with van der Waals surface area (Å²) in [5, 5.41) is 12.4. The van der Waals surface area contributed by atoms with Crippen LogP contribution in [0, 0.1) is 0 Å². The fraction of sp³-hybridized carbons (Fsp3) is 0.308. The summed E-state index contributed by atoms with van der Waals surface area (Å²) in [6.07, 6.45) is 0.331. The van der Waals surface area contributed by atoms with Gasteiger partial charge >= 0.3 is 0 Å². The number of β-amino-alcohol motifs (C(OH)–C–C–N with tert-alkyl or cyclic N) is 1. The van der Waals surface area contributed by atoms with Crippen LogP contribution in [-0.4, -0.2) is 35.1 Å². The van der Waals surface area contributed by atoms with Crippen molar-refractivity contribution in [1.29, 1.82) is 0 Å². The van der Waals surface area contributed by atoms with Crippen LogP contribution in [-0.2, 0) is 0 Å². The van der Waals surface area contributed by atoms with Gasteiger partial charge in [-0.05, 0) is 12.5 Å². The molecule has 1 saturated heterocycles. The molecule has 0 bridgehead atoms. The van der Waals surface area contributed by atoms with Gasteiger partial charge in [0.1, 0.15) is 0 Å². The number of aliphatic hydroxyl groups is 1. The van der Waals surface area contributed by atoms with Crippen LogP contribution < -0.4 is 0 Å². The number of likely N-dealkylation sites (tertiary alicyclic amines) is 1. The monoisotopic (exact) mass is 247 g/mol. The van der Waals surface area contributed by atoms with Gasteiger partial charge in [-0.15, -0.1) is 11.3 Å². The third kappa shape index (κ3) is 1.83. The zero-order valence-electron chi connectivity index (χ0n) is 9.30. The number of hydrogen-bond acceptors (Lipinski definition) is 3. The van der Waals surface area contributed by atoms with Crippen molar-refractivity contribution in [3.63, 3.8) is 0 Å². The number of aliphatic hydroxyl groups excluding tert-OH is 1. The minimum atomic E-state index is -0.358. The lowest BCUT2D eigenvalue weighted by Crippen LogP contribution is -2.29. The molecule has 3 nitrogen and oxygen atoms in total. The molecule has 1 amide bonds. The first-order chi connectivity index (χ1) is 8.25. The molecule has 17 heavy (non-hydrogen) atoms. The van der Waals surface area contributed by atoms with E-state index in [1.165, 1.54) is 0 Å². The molecule has 4 heteroatoms. The molecule has 2 heterocycles. The Morgan fingerprint density at radius 3 is 3.00 bits per heavy atom. The van der Waals surface area contributed by atoms with Crippen LogP contribution in [0.1, 0.15) is 16.8 Å². The first kappa shape index (κ1) is 10.7. The van der Waals surface area contributed by atoms with Crippen molar-refractivity contribution < 1.29 is 9.90 Å². The molecule has 0 radical (unpaired) electrons. The fourth-order valence-electron chi connectivity index (χ4n) is 2.24. The van der Waals surface area contributed by atoms with E-state index in [-0.39, 0.29) is 12.0 Å². The van der Waals surface area contributed by atoms with E-state index in [1.807, 2.05) is 29.6 Å². The summed E-state index contributed by atoms with van der Waals surface area (Å²) in [5.74, 6) is 0.0407. The van der Waals surface area contributed by atoms with Gasteiger partial charge in [0.15, 0.2) is 0 Å². The number of fused-ring (bicyclic) bond motifs is 1. The number of carbonyl (C=O) groups is 1. The molecule has 0 spiro atoms. The lowest BCUT2D eigenvalue weighted by Gasteiger charge is -2.14. The molecule has 88 valence electrons. The summed E-state index contributed by atoms with van der Waals surface area (Å²) in [6.45, 7) is 1.12. The molecule has 0 unspecified atom stereocenters. The summed E-state index contributed by atoms with van der Waals surface area (Å²) in [6, 6.07) is 7.93. The minimum Gasteiger partial charge on any atom is -0.391 e. The van der Waals surface area contributed by atoms with Crippen molar-refractivity contribution in [2.45, 2.75) is 12.5 Å². The second kappa shape index (κ2) is 4.13. The number of hydrogen-bond donors (Lipinski definition) is 1. The first-order valence-corrected chi connectivity index (χ1v) is 6.57. The molecule has 1 atom stereocenters. The second-order valence-corrected chi connectivity index (χ2v) is 5.25. The van der Waals surface area contributed by atoms with Crippen molar-refractivity contribution in [3.8, 4) is 0 Å². The van der Waals surface area contributed by atoms with Crippen molar-refractivity contribution >= 4 is 27.3 Å². The normalized spacial score (nSPS) is 20.1. The average Bonchev–Trinajstić information content (AvgIpc) is 2.94. The summed E-state index contributed by atoms with van der Waals surface area (Å²) in [4.78, 5) is 14.0. The predicted octanol–water partition coefficient (Wildman–Crippen LogP) is 2.11. The van der Waals surface area contributed by atoms with Crippen molar-refractivity contribution in [1.82, 2.24) is 4.90 Å². The number of amides is 1. The van der Waals surface area contributed by atoms with E-state index >= 15 is 0 Å². The number of rotatable bonds is 1. The molecule has 2 aromatic rings. The summed E-state index contributed by atoms with van der Waals surface area (Å²) in [5.41, 5.74) is 0.764. The van der Waals surface area contributed by atoms with E-state index in [0.717, 1.165) is 15.6 Å². The summed E-state index contributed by atoms with van der Waals surface area (Å²) < 4.78 is 1.13. The Morgan fingerprint density at radius 1 is 1.41 bits per heavy atom. The maximum Gasteiger partial charge on any atom is 0.255 e. The third-order valence-corrected chi connectivity index (χ3v) is 4.13. The molecule has 1 aromatic carbocycles. The number of nitrogens with zero attached hydrogens (tertiary/aromatic N) is 1. The SMILES string of the molecule is O=C(c1csc2ccccc12)N1CC[C@H](O)C1. The summed E-state index contributed by atoms with van der Waals surface area (Å²) in [7, 11) is 0. The molecule has 0 saturated carbocycles. The third-order valence-electron chi connectivity index (χ3n) is 3.16. The highest BCUT2D eigenvalue weighted by atomic mass is 32.1. The topological polar surface area (TPSA) is 40.5 Å². The standard InChI is InChI=1S/C13H13NO2S/c15-9-5-6-14(7-9)13(16)11-8-17-12-4-2-1-3-10(11)12/h1-4,8-9,15H,5-7H2/t9-/m0/s1. The van der Waals surface area contributed by atoms with Gasteiger partial charge in [0, 0.05) is 28.6 Å². The van der Waals surface area contributed by atoms with Crippen LogP contribution >= 0.6 is 11.3 Å². The Bertz CT molecular complexity index is 563. The van der Waals surface area contributed by atoms with Gasteiger partial charge in [-0.1, -0.05) is 18.2 Å². The quantitative estimate of drug-likeness (QED) is 0.838. The fourth-order valence-corrected chi connectivity index (χ4v) is 3.17. The Balaban J connectivity index is 1.96. The van der Waals surface area contributed by atoms with Crippen molar-refractivity contribution in [2.24, 2.45) is 0 Å². The van der Waals surface area contributed by atoms with E-state index in [0.29, 0.717) is 19.5 Å². The molecule has 1 aromatic heterocycles. The van der Waals surface area contributed by atoms with E-state index in [4.69, 9.17) is 0 Å². The van der Waals surface area contributed by atoms with Crippen LogP contribution in [0.5, 0.6) is 0 Å². The molecule has 1 aliphatic rings. The van der Waals surface area contributed by atoms with E-state index in [2.05, 4.69) is 0 Å². The van der Waals surface area contributed by atoms with Crippen LogP contribution in [0.2, 0.25) is 0 Å². The highest BCUT2D eigenvalue weighted by Gasteiger charge is 2.26. The molecule has 3 rings (SSSR count). The smallest absolute Gasteiger partial charge is 0.255 e. The second-order valence-electron chi connectivity index (χ2n) is 4.34. The molecular formula is C13H13NO2S. The maximum absolute atomic E-state index is 12.3. The molecular weight excluding hydrogens is 234 g/mol. The zero-order chi connectivity index (χ0) is 11.8. The van der Waals surface area contributed by atoms with Gasteiger partial charge in [0.2, 0.25) is 0 Å². The molecule has 1 aliphatic heterocycles. The van der Waals surface area contributed by atoms with E-state index in [9.17, 15) is 9.90 Å². The average molecular weight is 247 g/mol. The predicted molar refractivity (Wildman–Crippen MR) is 68.4 cm³/mol. The highest BCUT2D eigenvalue weighted by molar-refractivity contribution is 7.17. The highest BCUT2D eigenvalue weighted by Crippen LogP contribution is 2.27. The Morgan fingerprint density at radius 2 is 2.24 bits per heavy atom.